The number of benzene rings is 1. The molecule has 2 aromatic rings. The van der Waals surface area contributed by atoms with Gasteiger partial charge in [-0.15, -0.1) is 0 Å². The molecule has 0 radical (unpaired) electrons. The number of rotatable bonds is 1. The molecule has 0 aliphatic heterocycles. The van der Waals surface area contributed by atoms with E-state index in [-0.39, 0.29) is 0 Å². The van der Waals surface area contributed by atoms with E-state index in [0.717, 1.165) is 17.7 Å². The number of fused-ring (bicyclic) bond motifs is 1. The van der Waals surface area contributed by atoms with Crippen molar-refractivity contribution in [3.05, 3.63) is 47.7 Å². The van der Waals surface area contributed by atoms with Gasteiger partial charge in [0.25, 0.3) is 0 Å². The molecule has 3 N–H and O–H groups in total. The standard InChI is InChI=1S/C15H13NO4/c1-8-13(9-4-2-3-5-10(9)16-8)14-11(17)6-7-12(18)15(14,19)20/h2-7,14,16,19-20H,1H3. The van der Waals surface area contributed by atoms with Crippen LogP contribution in [0.3, 0.4) is 0 Å². The zero-order valence-corrected chi connectivity index (χ0v) is 10.8. The molecule has 0 fully saturated rings. The van der Waals surface area contributed by atoms with E-state index in [9.17, 15) is 19.8 Å². The monoisotopic (exact) mass is 271 g/mol. The Morgan fingerprint density at radius 1 is 1.15 bits per heavy atom. The summed E-state index contributed by atoms with van der Waals surface area (Å²) in [7, 11) is 0. The number of allylic oxidation sites excluding steroid dienone is 1. The molecular formula is C15H13NO4. The molecule has 1 aromatic carbocycles. The third-order valence-electron chi connectivity index (χ3n) is 3.68. The van der Waals surface area contributed by atoms with Gasteiger partial charge in [0.15, 0.2) is 5.78 Å². The second-order valence-electron chi connectivity index (χ2n) is 4.97. The quantitative estimate of drug-likeness (QED) is 0.673. The number of hydrogen-bond acceptors (Lipinski definition) is 4. The second-order valence-corrected chi connectivity index (χ2v) is 4.97. The van der Waals surface area contributed by atoms with Crippen molar-refractivity contribution in [2.24, 2.45) is 0 Å². The molecule has 20 heavy (non-hydrogen) atoms. The number of ketones is 2. The molecule has 1 heterocycles. The maximum atomic E-state index is 12.1. The lowest BCUT2D eigenvalue weighted by Crippen LogP contribution is -2.49. The summed E-state index contributed by atoms with van der Waals surface area (Å²) >= 11 is 0. The minimum Gasteiger partial charge on any atom is -0.359 e. The summed E-state index contributed by atoms with van der Waals surface area (Å²) in [4.78, 5) is 26.8. The van der Waals surface area contributed by atoms with Crippen LogP contribution >= 0.6 is 0 Å². The fraction of sp³-hybridized carbons (Fsp3) is 0.200. The van der Waals surface area contributed by atoms with E-state index in [1.54, 1.807) is 19.1 Å². The summed E-state index contributed by atoms with van der Waals surface area (Å²) in [6, 6.07) is 7.23. The maximum Gasteiger partial charge on any atom is 0.242 e. The van der Waals surface area contributed by atoms with Gasteiger partial charge in [0, 0.05) is 16.6 Å². The first-order valence-electron chi connectivity index (χ1n) is 6.21. The molecule has 1 atom stereocenters. The Bertz CT molecular complexity index is 754. The van der Waals surface area contributed by atoms with Crippen molar-refractivity contribution in [3.8, 4) is 0 Å². The summed E-state index contributed by atoms with van der Waals surface area (Å²) < 4.78 is 0. The molecular weight excluding hydrogens is 258 g/mol. The molecule has 0 saturated carbocycles. The number of aryl methyl sites for hydroxylation is 1. The fourth-order valence-electron chi connectivity index (χ4n) is 2.73. The minimum atomic E-state index is -2.71. The number of aromatic nitrogens is 1. The molecule has 1 unspecified atom stereocenters. The average molecular weight is 271 g/mol. The third kappa shape index (κ3) is 1.64. The van der Waals surface area contributed by atoms with Crippen LogP contribution in [0.15, 0.2) is 36.4 Å². The normalized spacial score (nSPS) is 21.6. The Kier molecular flexibility index (Phi) is 2.64. The highest BCUT2D eigenvalue weighted by atomic mass is 16.5. The largest absolute Gasteiger partial charge is 0.359 e. The van der Waals surface area contributed by atoms with E-state index in [2.05, 4.69) is 4.98 Å². The van der Waals surface area contributed by atoms with E-state index < -0.39 is 23.3 Å². The first kappa shape index (κ1) is 12.8. The first-order valence-corrected chi connectivity index (χ1v) is 6.21. The van der Waals surface area contributed by atoms with Crippen LogP contribution in [0.5, 0.6) is 0 Å². The number of aromatic amines is 1. The topological polar surface area (TPSA) is 90.4 Å². The van der Waals surface area contributed by atoms with Gasteiger partial charge >= 0.3 is 0 Å². The Morgan fingerprint density at radius 2 is 1.85 bits per heavy atom. The number of carbonyl (C=O) groups is 2. The van der Waals surface area contributed by atoms with Crippen molar-refractivity contribution >= 4 is 22.5 Å². The number of nitrogens with one attached hydrogen (secondary N) is 1. The fourth-order valence-corrected chi connectivity index (χ4v) is 2.73. The molecule has 0 bridgehead atoms. The van der Waals surface area contributed by atoms with Crippen LogP contribution in [0.4, 0.5) is 0 Å². The van der Waals surface area contributed by atoms with Gasteiger partial charge in [-0.3, -0.25) is 9.59 Å². The number of para-hydroxylation sites is 1. The summed E-state index contributed by atoms with van der Waals surface area (Å²) in [5.41, 5.74) is 1.87. The summed E-state index contributed by atoms with van der Waals surface area (Å²) in [6.45, 7) is 1.74. The smallest absolute Gasteiger partial charge is 0.242 e. The van der Waals surface area contributed by atoms with Crippen molar-refractivity contribution in [1.82, 2.24) is 4.98 Å². The van der Waals surface area contributed by atoms with E-state index >= 15 is 0 Å². The van der Waals surface area contributed by atoms with Gasteiger partial charge in [-0.25, -0.2) is 0 Å². The summed E-state index contributed by atoms with van der Waals surface area (Å²) in [6.07, 6.45) is 2.00. The van der Waals surface area contributed by atoms with Crippen LogP contribution in [0.25, 0.3) is 10.9 Å². The Labute approximate surface area is 114 Å². The van der Waals surface area contributed by atoms with E-state index in [1.807, 2.05) is 12.1 Å². The highest BCUT2D eigenvalue weighted by Crippen LogP contribution is 2.38. The molecule has 0 amide bonds. The number of aliphatic hydroxyl groups is 2. The Morgan fingerprint density at radius 3 is 2.60 bits per heavy atom. The van der Waals surface area contributed by atoms with Crippen LogP contribution < -0.4 is 0 Å². The number of carbonyl (C=O) groups excluding carboxylic acids is 2. The van der Waals surface area contributed by atoms with Crippen molar-refractivity contribution in [2.75, 3.05) is 0 Å². The predicted molar refractivity (Wildman–Crippen MR) is 72.1 cm³/mol. The lowest BCUT2D eigenvalue weighted by atomic mass is 9.79. The first-order chi connectivity index (χ1) is 9.43. The lowest BCUT2D eigenvalue weighted by Gasteiger charge is -2.30. The van der Waals surface area contributed by atoms with Crippen LogP contribution in [-0.2, 0) is 9.59 Å². The van der Waals surface area contributed by atoms with Gasteiger partial charge in [-0.05, 0) is 30.7 Å². The Balaban J connectivity index is 2.29. The van der Waals surface area contributed by atoms with Crippen molar-refractivity contribution < 1.29 is 19.8 Å². The predicted octanol–water partition coefficient (Wildman–Crippen LogP) is 0.949. The van der Waals surface area contributed by atoms with Gasteiger partial charge in [0.05, 0.1) is 0 Å². The van der Waals surface area contributed by atoms with E-state index in [1.165, 1.54) is 0 Å². The van der Waals surface area contributed by atoms with E-state index in [0.29, 0.717) is 16.6 Å². The van der Waals surface area contributed by atoms with Crippen molar-refractivity contribution in [2.45, 2.75) is 18.6 Å². The van der Waals surface area contributed by atoms with Crippen LogP contribution in [0, 0.1) is 6.92 Å². The number of hydrogen-bond donors (Lipinski definition) is 3. The number of H-pyrrole nitrogens is 1. The minimum absolute atomic E-state index is 0.452. The Hall–Kier alpha value is -2.24. The molecule has 1 aliphatic rings. The van der Waals surface area contributed by atoms with Crippen LogP contribution in [0.2, 0.25) is 0 Å². The zero-order valence-electron chi connectivity index (χ0n) is 10.8. The van der Waals surface area contributed by atoms with Crippen molar-refractivity contribution in [1.29, 1.82) is 0 Å². The molecule has 3 rings (SSSR count). The van der Waals surface area contributed by atoms with Gasteiger partial charge in [0.1, 0.15) is 5.92 Å². The SMILES string of the molecule is Cc1[nH]c2ccccc2c1C1C(=O)C=CC(=O)C1(O)O. The zero-order chi connectivity index (χ0) is 14.5. The maximum absolute atomic E-state index is 12.1. The summed E-state index contributed by atoms with van der Waals surface area (Å²) in [5, 5.41) is 20.8. The van der Waals surface area contributed by atoms with Gasteiger partial charge < -0.3 is 15.2 Å². The average Bonchev–Trinajstić information content (AvgIpc) is 2.71. The molecule has 0 spiro atoms. The molecule has 102 valence electrons. The van der Waals surface area contributed by atoms with Crippen molar-refractivity contribution in [3.63, 3.8) is 0 Å². The highest BCUT2D eigenvalue weighted by molar-refractivity contribution is 6.13. The molecule has 0 saturated heterocycles. The summed E-state index contributed by atoms with van der Waals surface area (Å²) in [5.74, 6) is -5.40. The van der Waals surface area contributed by atoms with Crippen LogP contribution in [-0.4, -0.2) is 32.6 Å². The highest BCUT2D eigenvalue weighted by Gasteiger charge is 2.49. The molecule has 1 aromatic heterocycles. The third-order valence-corrected chi connectivity index (χ3v) is 3.68. The van der Waals surface area contributed by atoms with Gasteiger partial charge in [0.2, 0.25) is 11.6 Å². The van der Waals surface area contributed by atoms with Gasteiger partial charge in [-0.1, -0.05) is 18.2 Å². The lowest BCUT2D eigenvalue weighted by molar-refractivity contribution is -0.189. The second kappa shape index (κ2) is 4.13. The molecule has 5 nitrogen and oxygen atoms in total. The van der Waals surface area contributed by atoms with E-state index in [4.69, 9.17) is 0 Å². The molecule has 5 heteroatoms. The van der Waals surface area contributed by atoms with Crippen LogP contribution in [0.1, 0.15) is 17.2 Å². The van der Waals surface area contributed by atoms with Gasteiger partial charge in [-0.2, -0.15) is 0 Å². The molecule has 1 aliphatic carbocycles.